The van der Waals surface area contributed by atoms with E-state index in [1.165, 1.54) is 12.1 Å². The SMILES string of the molecule is Cc1cc(C(=O)OC(C)(C)C)c(N)c([N+](=O)[O-])c1. The van der Waals surface area contributed by atoms with Gasteiger partial charge < -0.3 is 10.5 Å². The fraction of sp³-hybridized carbons (Fsp3) is 0.417. The first kappa shape index (κ1) is 14.0. The van der Waals surface area contributed by atoms with Gasteiger partial charge in [-0.3, -0.25) is 10.1 Å². The molecule has 0 bridgehead atoms. The lowest BCUT2D eigenvalue weighted by Gasteiger charge is -2.20. The predicted molar refractivity (Wildman–Crippen MR) is 67.4 cm³/mol. The van der Waals surface area contributed by atoms with Crippen LogP contribution in [0, 0.1) is 17.0 Å². The van der Waals surface area contributed by atoms with E-state index in [0.717, 1.165) is 0 Å². The molecule has 98 valence electrons. The van der Waals surface area contributed by atoms with Crippen LogP contribution in [-0.2, 0) is 4.74 Å². The molecule has 0 heterocycles. The molecule has 1 rings (SSSR count). The van der Waals surface area contributed by atoms with Gasteiger partial charge in [-0.15, -0.1) is 0 Å². The van der Waals surface area contributed by atoms with Gasteiger partial charge in [-0.05, 0) is 39.3 Å². The van der Waals surface area contributed by atoms with E-state index in [4.69, 9.17) is 10.5 Å². The molecule has 6 heteroatoms. The van der Waals surface area contributed by atoms with Crippen molar-refractivity contribution in [3.8, 4) is 0 Å². The third-order valence-corrected chi connectivity index (χ3v) is 2.12. The van der Waals surface area contributed by atoms with E-state index in [2.05, 4.69) is 0 Å². The molecule has 0 unspecified atom stereocenters. The molecule has 0 amide bonds. The average molecular weight is 252 g/mol. The summed E-state index contributed by atoms with van der Waals surface area (Å²) in [4.78, 5) is 22.1. The van der Waals surface area contributed by atoms with Crippen molar-refractivity contribution in [3.63, 3.8) is 0 Å². The monoisotopic (exact) mass is 252 g/mol. The van der Waals surface area contributed by atoms with Crippen molar-refractivity contribution in [2.45, 2.75) is 33.3 Å². The molecule has 6 nitrogen and oxygen atoms in total. The summed E-state index contributed by atoms with van der Waals surface area (Å²) in [6.07, 6.45) is 0. The van der Waals surface area contributed by atoms with Crippen molar-refractivity contribution in [1.82, 2.24) is 0 Å². The minimum atomic E-state index is -0.679. The standard InChI is InChI=1S/C12H16N2O4/c1-7-5-8(11(15)18-12(2,3)4)10(13)9(6-7)14(16)17/h5-6H,13H2,1-4H3. The maximum atomic E-state index is 11.9. The van der Waals surface area contributed by atoms with Gasteiger partial charge in [0.1, 0.15) is 11.3 Å². The van der Waals surface area contributed by atoms with Crippen molar-refractivity contribution < 1.29 is 14.5 Å². The average Bonchev–Trinajstić information content (AvgIpc) is 2.17. The van der Waals surface area contributed by atoms with Crippen LogP contribution in [0.15, 0.2) is 12.1 Å². The summed E-state index contributed by atoms with van der Waals surface area (Å²) >= 11 is 0. The zero-order valence-corrected chi connectivity index (χ0v) is 10.8. The molecular formula is C12H16N2O4. The molecule has 0 aliphatic rings. The number of nitrogens with zero attached hydrogens (tertiary/aromatic N) is 1. The number of esters is 1. The van der Waals surface area contributed by atoms with Gasteiger partial charge in [0, 0.05) is 6.07 Å². The first-order chi connectivity index (χ1) is 8.11. The molecule has 0 saturated carbocycles. The van der Waals surface area contributed by atoms with Gasteiger partial charge in [0.25, 0.3) is 5.69 Å². The number of rotatable bonds is 2. The number of anilines is 1. The number of carbonyl (C=O) groups is 1. The van der Waals surface area contributed by atoms with Gasteiger partial charge in [0.2, 0.25) is 0 Å². The Morgan fingerprint density at radius 1 is 1.39 bits per heavy atom. The minimum absolute atomic E-state index is 0.0247. The van der Waals surface area contributed by atoms with Crippen LogP contribution in [0.1, 0.15) is 36.7 Å². The Kier molecular flexibility index (Phi) is 3.59. The second-order valence-corrected chi connectivity index (χ2v) is 5.00. The smallest absolute Gasteiger partial charge is 0.341 e. The van der Waals surface area contributed by atoms with Crippen LogP contribution in [0.5, 0.6) is 0 Å². The second kappa shape index (κ2) is 4.64. The van der Waals surface area contributed by atoms with Crippen molar-refractivity contribution in [2.75, 3.05) is 5.73 Å². The third-order valence-electron chi connectivity index (χ3n) is 2.12. The maximum absolute atomic E-state index is 11.9. The number of hydrogen-bond donors (Lipinski definition) is 1. The first-order valence-corrected chi connectivity index (χ1v) is 5.39. The van der Waals surface area contributed by atoms with E-state index in [-0.39, 0.29) is 16.9 Å². The number of aryl methyl sites for hydroxylation is 1. The Hall–Kier alpha value is -2.11. The van der Waals surface area contributed by atoms with Gasteiger partial charge in [-0.1, -0.05) is 0 Å². The molecule has 1 aromatic rings. The Bertz CT molecular complexity index is 504. The zero-order chi connectivity index (χ0) is 14.1. The maximum Gasteiger partial charge on any atom is 0.341 e. The van der Waals surface area contributed by atoms with E-state index in [9.17, 15) is 14.9 Å². The highest BCUT2D eigenvalue weighted by molar-refractivity contribution is 5.97. The molecule has 0 spiro atoms. The lowest BCUT2D eigenvalue weighted by Crippen LogP contribution is -2.24. The quantitative estimate of drug-likeness (QED) is 0.377. The molecule has 2 N–H and O–H groups in total. The summed E-state index contributed by atoms with van der Waals surface area (Å²) in [6.45, 7) is 6.79. The van der Waals surface area contributed by atoms with Gasteiger partial charge in [-0.25, -0.2) is 4.79 Å². The van der Waals surface area contributed by atoms with Crippen molar-refractivity contribution in [1.29, 1.82) is 0 Å². The fourth-order valence-electron chi connectivity index (χ4n) is 1.43. The lowest BCUT2D eigenvalue weighted by atomic mass is 10.1. The number of nitro groups is 1. The minimum Gasteiger partial charge on any atom is -0.456 e. The number of nitro benzene ring substituents is 1. The fourth-order valence-corrected chi connectivity index (χ4v) is 1.43. The second-order valence-electron chi connectivity index (χ2n) is 5.00. The van der Waals surface area contributed by atoms with Crippen molar-refractivity contribution >= 4 is 17.3 Å². The van der Waals surface area contributed by atoms with Gasteiger partial charge in [0.15, 0.2) is 0 Å². The summed E-state index contributed by atoms with van der Waals surface area (Å²) < 4.78 is 5.15. The third kappa shape index (κ3) is 3.19. The van der Waals surface area contributed by atoms with Crippen LogP contribution in [0.25, 0.3) is 0 Å². The summed E-state index contributed by atoms with van der Waals surface area (Å²) in [5.41, 5.74) is 5.11. The molecule has 0 aromatic heterocycles. The largest absolute Gasteiger partial charge is 0.456 e. The van der Waals surface area contributed by atoms with E-state index in [1.54, 1.807) is 27.7 Å². The van der Waals surface area contributed by atoms with Gasteiger partial charge in [-0.2, -0.15) is 0 Å². The van der Waals surface area contributed by atoms with E-state index in [0.29, 0.717) is 5.56 Å². The zero-order valence-electron chi connectivity index (χ0n) is 10.8. The molecule has 0 radical (unpaired) electrons. The molecule has 0 fully saturated rings. The summed E-state index contributed by atoms with van der Waals surface area (Å²) in [5, 5.41) is 10.8. The predicted octanol–water partition coefficient (Wildman–Crippen LogP) is 2.44. The highest BCUT2D eigenvalue weighted by Crippen LogP contribution is 2.28. The number of nitrogens with two attached hydrogens (primary N) is 1. The van der Waals surface area contributed by atoms with Crippen molar-refractivity contribution in [3.05, 3.63) is 33.4 Å². The normalized spacial score (nSPS) is 11.1. The number of nitrogen functional groups attached to an aromatic ring is 1. The highest BCUT2D eigenvalue weighted by atomic mass is 16.6. The van der Waals surface area contributed by atoms with Crippen molar-refractivity contribution in [2.24, 2.45) is 0 Å². The lowest BCUT2D eigenvalue weighted by molar-refractivity contribution is -0.384. The summed E-state index contributed by atoms with van der Waals surface area (Å²) in [5.74, 6) is -0.660. The van der Waals surface area contributed by atoms with Crippen LogP contribution in [-0.4, -0.2) is 16.5 Å². The topological polar surface area (TPSA) is 95.5 Å². The van der Waals surface area contributed by atoms with E-state index >= 15 is 0 Å². The van der Waals surface area contributed by atoms with Crippen LogP contribution >= 0.6 is 0 Å². The molecule has 0 atom stereocenters. The molecule has 0 aliphatic carbocycles. The Morgan fingerprint density at radius 3 is 2.39 bits per heavy atom. The molecule has 0 aliphatic heterocycles. The highest BCUT2D eigenvalue weighted by Gasteiger charge is 2.24. The first-order valence-electron chi connectivity index (χ1n) is 5.39. The molecule has 0 saturated heterocycles. The van der Waals surface area contributed by atoms with Crippen LogP contribution in [0.2, 0.25) is 0 Å². The molecule has 1 aromatic carbocycles. The number of benzene rings is 1. The Balaban J connectivity index is 3.25. The molecule has 18 heavy (non-hydrogen) atoms. The van der Waals surface area contributed by atoms with Gasteiger partial charge >= 0.3 is 5.97 Å². The van der Waals surface area contributed by atoms with Crippen LogP contribution < -0.4 is 5.73 Å². The van der Waals surface area contributed by atoms with Crippen LogP contribution in [0.4, 0.5) is 11.4 Å². The number of carbonyl (C=O) groups excluding carboxylic acids is 1. The number of ether oxygens (including phenoxy) is 1. The van der Waals surface area contributed by atoms with Crippen LogP contribution in [0.3, 0.4) is 0 Å². The van der Waals surface area contributed by atoms with Gasteiger partial charge in [0.05, 0.1) is 10.5 Å². The summed E-state index contributed by atoms with van der Waals surface area (Å²) in [6, 6.07) is 2.81. The Labute approximate surface area is 105 Å². The summed E-state index contributed by atoms with van der Waals surface area (Å²) in [7, 11) is 0. The van der Waals surface area contributed by atoms with E-state index in [1.807, 2.05) is 0 Å². The number of hydrogen-bond acceptors (Lipinski definition) is 5. The van der Waals surface area contributed by atoms with E-state index < -0.39 is 16.5 Å². The molecular weight excluding hydrogens is 236 g/mol. The Morgan fingerprint density at radius 2 is 1.94 bits per heavy atom.